The van der Waals surface area contributed by atoms with E-state index in [-0.39, 0.29) is 23.7 Å². The molecule has 5 atom stereocenters. The van der Waals surface area contributed by atoms with Gasteiger partial charge in [-0.25, -0.2) is 0 Å². The summed E-state index contributed by atoms with van der Waals surface area (Å²) in [7, 11) is 0. The van der Waals surface area contributed by atoms with Crippen LogP contribution in [0.2, 0.25) is 0 Å². The molecule has 0 saturated heterocycles. The van der Waals surface area contributed by atoms with Crippen molar-refractivity contribution in [3.05, 3.63) is 82.5 Å². The van der Waals surface area contributed by atoms with Crippen LogP contribution in [0.15, 0.2) is 71.3 Å². The zero-order valence-corrected chi connectivity index (χ0v) is 22.3. The molecule has 38 heavy (non-hydrogen) atoms. The van der Waals surface area contributed by atoms with E-state index in [1.807, 2.05) is 49.4 Å². The van der Waals surface area contributed by atoms with Gasteiger partial charge < -0.3 is 14.9 Å². The largest absolute Gasteiger partial charge is 0.457 e. The van der Waals surface area contributed by atoms with Crippen molar-refractivity contribution in [2.45, 2.75) is 76.9 Å². The average Bonchev–Trinajstić information content (AvgIpc) is 3.19. The number of ketones is 1. The number of rotatable bonds is 4. The molecule has 2 saturated carbocycles. The van der Waals surface area contributed by atoms with Gasteiger partial charge in [0.05, 0.1) is 6.61 Å². The van der Waals surface area contributed by atoms with Crippen LogP contribution in [0.1, 0.15) is 75.8 Å². The Kier molecular flexibility index (Phi) is 6.33. The lowest BCUT2D eigenvalue weighted by Crippen LogP contribution is -2.51. The summed E-state index contributed by atoms with van der Waals surface area (Å²) in [6, 6.07) is 15.9. The molecule has 6 rings (SSSR count). The molecule has 4 aliphatic carbocycles. The second-order valence-corrected chi connectivity index (χ2v) is 11.7. The molecule has 0 heterocycles. The number of ether oxygens (including phenoxy) is 1. The van der Waals surface area contributed by atoms with E-state index in [2.05, 4.69) is 30.9 Å². The van der Waals surface area contributed by atoms with Gasteiger partial charge in [0.1, 0.15) is 17.1 Å². The molecule has 0 radical (unpaired) electrons. The smallest absolute Gasteiger partial charge is 0.156 e. The first-order valence-corrected chi connectivity index (χ1v) is 14.0. The van der Waals surface area contributed by atoms with Crippen LogP contribution in [0.5, 0.6) is 11.5 Å². The Bertz CT molecular complexity index is 1370. The number of aliphatic hydroxyl groups is 2. The van der Waals surface area contributed by atoms with E-state index in [0.29, 0.717) is 18.3 Å². The molecule has 0 unspecified atom stereocenters. The molecule has 0 aromatic heterocycles. The summed E-state index contributed by atoms with van der Waals surface area (Å²) >= 11 is 0. The molecular formula is C34H36O4. The topological polar surface area (TPSA) is 66.8 Å². The third-order valence-electron chi connectivity index (χ3n) is 9.84. The molecule has 4 heteroatoms. The first-order valence-electron chi connectivity index (χ1n) is 14.0. The summed E-state index contributed by atoms with van der Waals surface area (Å²) in [5.74, 6) is 9.00. The van der Waals surface area contributed by atoms with Crippen LogP contribution in [-0.2, 0) is 11.4 Å². The van der Waals surface area contributed by atoms with Gasteiger partial charge in [0.2, 0.25) is 0 Å². The van der Waals surface area contributed by atoms with Crippen molar-refractivity contribution < 1.29 is 19.7 Å². The van der Waals surface area contributed by atoms with Gasteiger partial charge in [0.15, 0.2) is 5.78 Å². The first-order chi connectivity index (χ1) is 18.3. The molecule has 4 aliphatic rings. The van der Waals surface area contributed by atoms with Gasteiger partial charge in [-0.1, -0.05) is 42.7 Å². The van der Waals surface area contributed by atoms with Crippen LogP contribution < -0.4 is 4.74 Å². The van der Waals surface area contributed by atoms with Crippen molar-refractivity contribution in [1.82, 2.24) is 0 Å². The molecule has 2 aromatic rings. The Balaban J connectivity index is 1.39. The Morgan fingerprint density at radius 1 is 1.00 bits per heavy atom. The van der Waals surface area contributed by atoms with Crippen molar-refractivity contribution in [2.75, 3.05) is 0 Å². The van der Waals surface area contributed by atoms with Crippen LogP contribution in [0.25, 0.3) is 0 Å². The number of allylic oxidation sites excluding steroid dienone is 4. The fourth-order valence-corrected chi connectivity index (χ4v) is 7.94. The van der Waals surface area contributed by atoms with Gasteiger partial charge in [-0.2, -0.15) is 0 Å². The summed E-state index contributed by atoms with van der Waals surface area (Å²) in [6.45, 7) is 4.11. The number of carbonyl (C=O) groups excluding carboxylic acids is 1. The van der Waals surface area contributed by atoms with Crippen molar-refractivity contribution in [1.29, 1.82) is 0 Å². The molecule has 0 bridgehead atoms. The summed E-state index contributed by atoms with van der Waals surface area (Å²) in [5, 5.41) is 21.1. The highest BCUT2D eigenvalue weighted by Gasteiger charge is 2.62. The van der Waals surface area contributed by atoms with Crippen molar-refractivity contribution in [2.24, 2.45) is 17.3 Å². The van der Waals surface area contributed by atoms with Crippen LogP contribution in [0.4, 0.5) is 0 Å². The molecule has 2 N–H and O–H groups in total. The van der Waals surface area contributed by atoms with Gasteiger partial charge in [-0.15, -0.1) is 5.92 Å². The number of hydrogen-bond acceptors (Lipinski definition) is 4. The number of benzene rings is 2. The molecule has 0 spiro atoms. The molecule has 0 amide bonds. The van der Waals surface area contributed by atoms with E-state index in [1.165, 1.54) is 22.3 Å². The third-order valence-corrected chi connectivity index (χ3v) is 9.84. The normalized spacial score (nSPS) is 31.9. The van der Waals surface area contributed by atoms with Crippen LogP contribution >= 0.6 is 0 Å². The Labute approximate surface area is 225 Å². The van der Waals surface area contributed by atoms with E-state index in [0.717, 1.165) is 55.6 Å². The zero-order valence-electron chi connectivity index (χ0n) is 22.3. The summed E-state index contributed by atoms with van der Waals surface area (Å²) in [6.07, 6.45) is 7.89. The zero-order chi connectivity index (χ0) is 26.5. The highest BCUT2D eigenvalue weighted by Crippen LogP contribution is 2.66. The fraction of sp³-hybridized carbons (Fsp3) is 0.441. The number of aliphatic hydroxyl groups excluding tert-OH is 1. The fourth-order valence-electron chi connectivity index (χ4n) is 7.94. The molecule has 196 valence electrons. The maximum absolute atomic E-state index is 12.3. The van der Waals surface area contributed by atoms with E-state index in [4.69, 9.17) is 4.74 Å². The number of fused-ring (bicyclic) bond motifs is 4. The lowest BCUT2D eigenvalue weighted by molar-refractivity contribution is -0.114. The summed E-state index contributed by atoms with van der Waals surface area (Å²) in [4.78, 5) is 12.3. The van der Waals surface area contributed by atoms with E-state index < -0.39 is 5.60 Å². The van der Waals surface area contributed by atoms with Gasteiger partial charge in [-0.3, -0.25) is 4.79 Å². The lowest BCUT2D eigenvalue weighted by atomic mass is 9.51. The molecule has 4 nitrogen and oxygen atoms in total. The Morgan fingerprint density at radius 2 is 1.71 bits per heavy atom. The Morgan fingerprint density at radius 3 is 2.39 bits per heavy atom. The van der Waals surface area contributed by atoms with Crippen molar-refractivity contribution >= 4 is 5.78 Å². The van der Waals surface area contributed by atoms with Gasteiger partial charge in [0.25, 0.3) is 0 Å². The highest BCUT2D eigenvalue weighted by atomic mass is 16.5. The predicted octanol–water partition coefficient (Wildman–Crippen LogP) is 6.63. The molecular weight excluding hydrogens is 472 g/mol. The van der Waals surface area contributed by atoms with Gasteiger partial charge in [0, 0.05) is 17.8 Å². The number of carbonyl (C=O) groups is 1. The summed E-state index contributed by atoms with van der Waals surface area (Å²) < 4.78 is 6.08. The predicted molar refractivity (Wildman–Crippen MR) is 148 cm³/mol. The second-order valence-electron chi connectivity index (χ2n) is 11.7. The van der Waals surface area contributed by atoms with Gasteiger partial charge in [-0.05, 0) is 110 Å². The van der Waals surface area contributed by atoms with Crippen molar-refractivity contribution in [3.63, 3.8) is 0 Å². The van der Waals surface area contributed by atoms with Crippen LogP contribution in [0.3, 0.4) is 0 Å². The van der Waals surface area contributed by atoms with Gasteiger partial charge >= 0.3 is 0 Å². The third kappa shape index (κ3) is 4.04. The molecule has 0 aliphatic heterocycles. The quantitative estimate of drug-likeness (QED) is 0.455. The first kappa shape index (κ1) is 25.2. The maximum Gasteiger partial charge on any atom is 0.156 e. The van der Waals surface area contributed by atoms with E-state index >= 15 is 0 Å². The number of hydrogen-bond donors (Lipinski definition) is 2. The lowest BCUT2D eigenvalue weighted by Gasteiger charge is -2.53. The Hall–Kier alpha value is -3.13. The van der Waals surface area contributed by atoms with Crippen LogP contribution in [-0.4, -0.2) is 21.6 Å². The maximum atomic E-state index is 12.3. The molecule has 2 aromatic carbocycles. The minimum Gasteiger partial charge on any atom is -0.457 e. The SMILES string of the molecule is CC#C[C@]1(O)CC[C@H]2[C@@H]3CCC4=CC(=O)CCC4=C3[C@@H](c3ccc(Oc4ccc(CO)cc4)cc3)C[C@@]21C. The summed E-state index contributed by atoms with van der Waals surface area (Å²) in [5.41, 5.74) is 5.00. The minimum absolute atomic E-state index is 0.0129. The highest BCUT2D eigenvalue weighted by molar-refractivity contribution is 5.93. The second kappa shape index (κ2) is 9.56. The van der Waals surface area contributed by atoms with Crippen molar-refractivity contribution in [3.8, 4) is 23.3 Å². The molecule has 2 fully saturated rings. The van der Waals surface area contributed by atoms with Crippen LogP contribution in [0, 0.1) is 29.1 Å². The average molecular weight is 509 g/mol. The standard InChI is InChI=1S/C34H36O4/c1-3-17-34(37)18-16-31-29-14-8-24-19-25(36)9-15-28(24)32(29)30(20-33(31,34)2)23-6-12-27(13-7-23)38-26-10-4-22(21-35)5-11-26/h4-7,10-13,19,29-31,35,37H,8-9,14-16,18,20-21H2,1-2H3/t29-,30+,31-,33-,34-/m0/s1. The van der Waals surface area contributed by atoms with E-state index in [9.17, 15) is 15.0 Å². The monoisotopic (exact) mass is 508 g/mol. The minimum atomic E-state index is -0.969. The van der Waals surface area contributed by atoms with E-state index in [1.54, 1.807) is 0 Å².